The molecule has 0 aliphatic carbocycles. The number of thioether (sulfide) groups is 1. The first-order valence-corrected chi connectivity index (χ1v) is 7.60. The van der Waals surface area contributed by atoms with Gasteiger partial charge >= 0.3 is 0 Å². The van der Waals surface area contributed by atoms with Crippen LogP contribution >= 0.6 is 23.1 Å². The Bertz CT molecular complexity index is 465. The zero-order valence-corrected chi connectivity index (χ0v) is 10.9. The zero-order valence-electron chi connectivity index (χ0n) is 9.26. The highest BCUT2D eigenvalue weighted by molar-refractivity contribution is 7.98. The molecule has 0 spiro atoms. The highest BCUT2D eigenvalue weighted by Gasteiger charge is 2.17. The van der Waals surface area contributed by atoms with Gasteiger partial charge in [0.05, 0.1) is 10.6 Å². The number of rotatable bonds is 5. The van der Waals surface area contributed by atoms with Gasteiger partial charge in [-0.3, -0.25) is 0 Å². The second-order valence-electron chi connectivity index (χ2n) is 4.03. The van der Waals surface area contributed by atoms with Gasteiger partial charge in [-0.2, -0.15) is 16.7 Å². The fraction of sp³-hybridized carbons (Fsp3) is 0.455. The minimum atomic E-state index is 0.709. The number of hydrogen-bond acceptors (Lipinski definition) is 6. The summed E-state index contributed by atoms with van der Waals surface area (Å²) in [4.78, 5) is 5.45. The van der Waals surface area contributed by atoms with Crippen molar-refractivity contribution in [2.45, 2.75) is 5.75 Å². The molecule has 6 heteroatoms. The summed E-state index contributed by atoms with van der Waals surface area (Å²) in [6, 6.07) is 4.00. The van der Waals surface area contributed by atoms with Crippen molar-refractivity contribution in [3.05, 3.63) is 23.4 Å². The molecule has 3 rings (SSSR count). The van der Waals surface area contributed by atoms with Gasteiger partial charge in [-0.15, -0.1) is 11.3 Å². The molecule has 0 aromatic carbocycles. The molecule has 1 saturated heterocycles. The average molecular weight is 267 g/mol. The van der Waals surface area contributed by atoms with Crippen LogP contribution in [0.1, 0.15) is 5.89 Å². The van der Waals surface area contributed by atoms with E-state index < -0.39 is 0 Å². The topological polar surface area (TPSA) is 51.0 Å². The van der Waals surface area contributed by atoms with Gasteiger partial charge in [0.1, 0.15) is 0 Å². The molecule has 17 heavy (non-hydrogen) atoms. The van der Waals surface area contributed by atoms with Crippen LogP contribution in [0.15, 0.2) is 22.0 Å². The van der Waals surface area contributed by atoms with Crippen LogP contribution in [0.3, 0.4) is 0 Å². The molecule has 90 valence electrons. The Labute approximate surface area is 108 Å². The van der Waals surface area contributed by atoms with Crippen LogP contribution in [-0.4, -0.2) is 29.0 Å². The van der Waals surface area contributed by atoms with Crippen LogP contribution in [0.5, 0.6) is 0 Å². The van der Waals surface area contributed by atoms with Gasteiger partial charge in [0.2, 0.25) is 11.7 Å². The van der Waals surface area contributed by atoms with E-state index in [0.29, 0.717) is 5.82 Å². The standard InChI is InChI=1S/C11H13N3OS2/c1-2-9(17-3-1)11-13-10(15-14-11)7-16-6-8-4-12-5-8/h1-3,8,12H,4-7H2. The zero-order chi connectivity index (χ0) is 11.5. The largest absolute Gasteiger partial charge is 0.338 e. The van der Waals surface area contributed by atoms with E-state index in [1.807, 2.05) is 29.3 Å². The molecule has 2 aromatic rings. The molecule has 0 radical (unpaired) electrons. The third-order valence-corrected chi connectivity index (χ3v) is 4.68. The van der Waals surface area contributed by atoms with Crippen molar-refractivity contribution in [3.8, 4) is 10.7 Å². The molecule has 2 aromatic heterocycles. The molecule has 1 N–H and O–H groups in total. The SMILES string of the molecule is c1csc(-c2noc(CSCC3CNC3)n2)c1. The van der Waals surface area contributed by atoms with Gasteiger partial charge in [-0.25, -0.2) is 0 Å². The quantitative estimate of drug-likeness (QED) is 0.900. The summed E-state index contributed by atoms with van der Waals surface area (Å²) in [7, 11) is 0. The second-order valence-corrected chi connectivity index (χ2v) is 6.01. The summed E-state index contributed by atoms with van der Waals surface area (Å²) in [6.07, 6.45) is 0. The van der Waals surface area contributed by atoms with E-state index in [4.69, 9.17) is 4.52 Å². The lowest BCUT2D eigenvalue weighted by Crippen LogP contribution is -2.43. The van der Waals surface area contributed by atoms with E-state index in [9.17, 15) is 0 Å². The molecule has 4 nitrogen and oxygen atoms in total. The Kier molecular flexibility index (Phi) is 3.44. The van der Waals surface area contributed by atoms with Crippen LogP contribution in [-0.2, 0) is 5.75 Å². The first-order valence-electron chi connectivity index (χ1n) is 5.57. The summed E-state index contributed by atoms with van der Waals surface area (Å²) >= 11 is 3.50. The maximum absolute atomic E-state index is 5.23. The van der Waals surface area contributed by atoms with Crippen molar-refractivity contribution in [1.82, 2.24) is 15.5 Å². The lowest BCUT2D eigenvalue weighted by Gasteiger charge is -2.26. The summed E-state index contributed by atoms with van der Waals surface area (Å²) in [5, 5.41) is 9.28. The van der Waals surface area contributed by atoms with Crippen LogP contribution in [0.4, 0.5) is 0 Å². The number of hydrogen-bond donors (Lipinski definition) is 1. The summed E-state index contributed by atoms with van der Waals surface area (Å²) < 4.78 is 5.23. The first-order chi connectivity index (χ1) is 8.42. The van der Waals surface area contributed by atoms with E-state index in [1.54, 1.807) is 11.3 Å². The average Bonchev–Trinajstić information content (AvgIpc) is 2.91. The van der Waals surface area contributed by atoms with Gasteiger partial charge in [0.15, 0.2) is 0 Å². The molecule has 0 amide bonds. The van der Waals surface area contributed by atoms with Crippen LogP contribution in [0, 0.1) is 5.92 Å². The maximum Gasteiger partial charge on any atom is 0.236 e. The second kappa shape index (κ2) is 5.20. The number of aromatic nitrogens is 2. The monoisotopic (exact) mass is 267 g/mol. The molecule has 0 saturated carbocycles. The molecule has 1 fully saturated rings. The minimum absolute atomic E-state index is 0.709. The Morgan fingerprint density at radius 2 is 2.47 bits per heavy atom. The predicted octanol–water partition coefficient (Wildman–Crippen LogP) is 2.25. The third kappa shape index (κ3) is 2.70. The van der Waals surface area contributed by atoms with Crippen LogP contribution in [0.2, 0.25) is 0 Å². The first kappa shape index (κ1) is 11.3. The Balaban J connectivity index is 1.53. The molecule has 3 heterocycles. The van der Waals surface area contributed by atoms with Crippen molar-refractivity contribution in [2.24, 2.45) is 5.92 Å². The maximum atomic E-state index is 5.23. The normalized spacial score (nSPS) is 16.0. The van der Waals surface area contributed by atoms with Crippen molar-refractivity contribution < 1.29 is 4.52 Å². The van der Waals surface area contributed by atoms with E-state index in [2.05, 4.69) is 15.5 Å². The molecular weight excluding hydrogens is 254 g/mol. The summed E-state index contributed by atoms with van der Waals surface area (Å²) in [5.41, 5.74) is 0. The van der Waals surface area contributed by atoms with E-state index in [1.165, 1.54) is 5.75 Å². The van der Waals surface area contributed by atoms with Crippen LogP contribution < -0.4 is 5.32 Å². The lowest BCUT2D eigenvalue weighted by molar-refractivity contribution is 0.382. The minimum Gasteiger partial charge on any atom is -0.338 e. The molecule has 1 aliphatic heterocycles. The number of thiophene rings is 1. The van der Waals surface area contributed by atoms with Crippen molar-refractivity contribution in [2.75, 3.05) is 18.8 Å². The van der Waals surface area contributed by atoms with Gasteiger partial charge in [-0.05, 0) is 36.2 Å². The fourth-order valence-corrected chi connectivity index (χ4v) is 3.23. The lowest BCUT2D eigenvalue weighted by atomic mass is 10.1. The smallest absolute Gasteiger partial charge is 0.236 e. The van der Waals surface area contributed by atoms with Gasteiger partial charge < -0.3 is 9.84 Å². The fourth-order valence-electron chi connectivity index (χ4n) is 1.60. The number of nitrogens with one attached hydrogen (secondary N) is 1. The molecule has 1 aliphatic rings. The van der Waals surface area contributed by atoms with Gasteiger partial charge in [0.25, 0.3) is 0 Å². The van der Waals surface area contributed by atoms with E-state index in [0.717, 1.165) is 35.5 Å². The predicted molar refractivity (Wildman–Crippen MR) is 70.1 cm³/mol. The highest BCUT2D eigenvalue weighted by atomic mass is 32.2. The Hall–Kier alpha value is -0.850. The Morgan fingerprint density at radius 3 is 3.18 bits per heavy atom. The summed E-state index contributed by atoms with van der Waals surface area (Å²) in [5.74, 6) is 4.24. The van der Waals surface area contributed by atoms with Crippen molar-refractivity contribution >= 4 is 23.1 Å². The molecular formula is C11H13N3OS2. The molecule has 0 unspecified atom stereocenters. The summed E-state index contributed by atoms with van der Waals surface area (Å²) in [6.45, 7) is 2.30. The van der Waals surface area contributed by atoms with Crippen LogP contribution in [0.25, 0.3) is 10.7 Å². The van der Waals surface area contributed by atoms with E-state index >= 15 is 0 Å². The van der Waals surface area contributed by atoms with Gasteiger partial charge in [0, 0.05) is 0 Å². The van der Waals surface area contributed by atoms with E-state index in [-0.39, 0.29) is 0 Å². The Morgan fingerprint density at radius 1 is 1.53 bits per heavy atom. The number of nitrogens with zero attached hydrogens (tertiary/aromatic N) is 2. The van der Waals surface area contributed by atoms with Gasteiger partial charge in [-0.1, -0.05) is 11.2 Å². The molecule has 0 bridgehead atoms. The van der Waals surface area contributed by atoms with Crippen molar-refractivity contribution in [3.63, 3.8) is 0 Å². The third-order valence-electron chi connectivity index (χ3n) is 2.65. The highest BCUT2D eigenvalue weighted by Crippen LogP contribution is 2.23. The van der Waals surface area contributed by atoms with Crippen molar-refractivity contribution in [1.29, 1.82) is 0 Å². The molecule has 0 atom stereocenters.